The summed E-state index contributed by atoms with van der Waals surface area (Å²) in [7, 11) is 3.19. The van der Waals surface area contributed by atoms with Crippen molar-refractivity contribution in [2.24, 2.45) is 0 Å². The molecule has 19 heavy (non-hydrogen) atoms. The Morgan fingerprint density at radius 3 is 2.53 bits per heavy atom. The normalized spacial score (nSPS) is 10.1. The van der Waals surface area contributed by atoms with Crippen molar-refractivity contribution in [3.05, 3.63) is 48.0 Å². The lowest BCUT2D eigenvalue weighted by atomic mass is 10.2. The molecule has 0 saturated carbocycles. The maximum atomic E-state index is 12.7. The van der Waals surface area contributed by atoms with Gasteiger partial charge in [-0.1, -0.05) is 6.07 Å². The molecule has 0 spiro atoms. The minimum atomic E-state index is -0.489. The van der Waals surface area contributed by atoms with E-state index >= 15 is 0 Å². The van der Waals surface area contributed by atoms with Crippen LogP contribution in [0, 0.1) is 5.95 Å². The first-order valence-corrected chi connectivity index (χ1v) is 5.79. The summed E-state index contributed by atoms with van der Waals surface area (Å²) in [6.45, 7) is 0.591. The average Bonchev–Trinajstić information content (AvgIpc) is 2.46. The van der Waals surface area contributed by atoms with Crippen molar-refractivity contribution in [3.63, 3.8) is 0 Å². The molecule has 1 aromatic carbocycles. The second-order valence-corrected chi connectivity index (χ2v) is 3.91. The minimum absolute atomic E-state index is 0.489. The first-order chi connectivity index (χ1) is 9.22. The number of halogens is 1. The quantitative estimate of drug-likeness (QED) is 0.841. The third-order valence-electron chi connectivity index (χ3n) is 2.67. The number of aromatic nitrogens is 1. The molecule has 0 unspecified atom stereocenters. The van der Waals surface area contributed by atoms with Gasteiger partial charge in [0.05, 0.1) is 26.1 Å². The zero-order valence-electron chi connectivity index (χ0n) is 10.8. The standard InChI is InChI=1S/C14H15FN2O2/c1-18-12-5-3-10(7-13(12)19-2)8-16-11-4-6-14(15)17-9-11/h3-7,9,16H,8H2,1-2H3. The Kier molecular flexibility index (Phi) is 4.18. The monoisotopic (exact) mass is 262 g/mol. The molecule has 0 aliphatic heterocycles. The van der Waals surface area contributed by atoms with Crippen molar-refractivity contribution in [1.82, 2.24) is 4.98 Å². The van der Waals surface area contributed by atoms with Gasteiger partial charge >= 0.3 is 0 Å². The number of nitrogens with zero attached hydrogens (tertiary/aromatic N) is 1. The van der Waals surface area contributed by atoms with Gasteiger partial charge in [-0.25, -0.2) is 4.98 Å². The van der Waals surface area contributed by atoms with Gasteiger partial charge in [0.2, 0.25) is 5.95 Å². The molecule has 0 aliphatic rings. The first kappa shape index (κ1) is 13.1. The minimum Gasteiger partial charge on any atom is -0.493 e. The molecule has 1 aromatic heterocycles. The van der Waals surface area contributed by atoms with E-state index in [0.717, 1.165) is 11.3 Å². The topological polar surface area (TPSA) is 43.4 Å². The van der Waals surface area contributed by atoms with Crippen molar-refractivity contribution >= 4 is 5.69 Å². The van der Waals surface area contributed by atoms with E-state index in [1.807, 2.05) is 18.2 Å². The number of nitrogens with one attached hydrogen (secondary N) is 1. The highest BCUT2D eigenvalue weighted by molar-refractivity contribution is 5.45. The van der Waals surface area contributed by atoms with Gasteiger partial charge in [0.25, 0.3) is 0 Å². The van der Waals surface area contributed by atoms with E-state index < -0.39 is 5.95 Å². The predicted molar refractivity (Wildman–Crippen MR) is 71.1 cm³/mol. The maximum absolute atomic E-state index is 12.7. The highest BCUT2D eigenvalue weighted by Crippen LogP contribution is 2.27. The van der Waals surface area contributed by atoms with Crippen LogP contribution >= 0.6 is 0 Å². The van der Waals surface area contributed by atoms with E-state index in [-0.39, 0.29) is 0 Å². The highest BCUT2D eigenvalue weighted by atomic mass is 19.1. The predicted octanol–water partition coefficient (Wildman–Crippen LogP) is 2.85. The van der Waals surface area contributed by atoms with Gasteiger partial charge in [0.1, 0.15) is 0 Å². The lowest BCUT2D eigenvalue weighted by molar-refractivity contribution is 0.354. The summed E-state index contributed by atoms with van der Waals surface area (Å²) < 4.78 is 23.1. The van der Waals surface area contributed by atoms with Crippen molar-refractivity contribution < 1.29 is 13.9 Å². The molecule has 1 heterocycles. The molecule has 0 bridgehead atoms. The van der Waals surface area contributed by atoms with Gasteiger partial charge < -0.3 is 14.8 Å². The largest absolute Gasteiger partial charge is 0.493 e. The van der Waals surface area contributed by atoms with Gasteiger partial charge in [0.15, 0.2) is 11.5 Å². The summed E-state index contributed by atoms with van der Waals surface area (Å²) in [4.78, 5) is 3.58. The van der Waals surface area contributed by atoms with E-state index in [2.05, 4.69) is 10.3 Å². The Morgan fingerprint density at radius 1 is 1.11 bits per heavy atom. The summed E-state index contributed by atoms with van der Waals surface area (Å²) >= 11 is 0. The fraction of sp³-hybridized carbons (Fsp3) is 0.214. The zero-order valence-corrected chi connectivity index (χ0v) is 10.8. The molecule has 100 valence electrons. The fourth-order valence-corrected chi connectivity index (χ4v) is 1.68. The van der Waals surface area contributed by atoms with Crippen LogP contribution in [0.5, 0.6) is 11.5 Å². The molecular weight excluding hydrogens is 247 g/mol. The number of ether oxygens (including phenoxy) is 2. The Bertz CT molecular complexity index is 544. The number of methoxy groups -OCH3 is 2. The smallest absolute Gasteiger partial charge is 0.212 e. The van der Waals surface area contributed by atoms with Crippen molar-refractivity contribution in [2.45, 2.75) is 6.54 Å². The van der Waals surface area contributed by atoms with Crippen molar-refractivity contribution in [1.29, 1.82) is 0 Å². The number of hydrogen-bond donors (Lipinski definition) is 1. The number of hydrogen-bond acceptors (Lipinski definition) is 4. The van der Waals surface area contributed by atoms with Gasteiger partial charge in [-0.3, -0.25) is 0 Å². The van der Waals surface area contributed by atoms with Crippen LogP contribution in [-0.2, 0) is 6.54 Å². The summed E-state index contributed by atoms with van der Waals surface area (Å²) in [5, 5.41) is 3.15. The molecule has 4 nitrogen and oxygen atoms in total. The molecule has 2 aromatic rings. The third kappa shape index (κ3) is 3.34. The van der Waals surface area contributed by atoms with Crippen LogP contribution in [0.15, 0.2) is 36.5 Å². The van der Waals surface area contributed by atoms with E-state index in [9.17, 15) is 4.39 Å². The Morgan fingerprint density at radius 2 is 1.89 bits per heavy atom. The molecule has 0 fully saturated rings. The molecule has 0 aliphatic carbocycles. The second kappa shape index (κ2) is 6.04. The zero-order chi connectivity index (χ0) is 13.7. The first-order valence-electron chi connectivity index (χ1n) is 5.79. The Labute approximate surface area is 111 Å². The number of pyridine rings is 1. The average molecular weight is 262 g/mol. The van der Waals surface area contributed by atoms with Gasteiger partial charge in [-0.15, -0.1) is 0 Å². The van der Waals surface area contributed by atoms with Gasteiger partial charge in [0, 0.05) is 6.54 Å². The maximum Gasteiger partial charge on any atom is 0.212 e. The summed E-state index contributed by atoms with van der Waals surface area (Å²) in [6.07, 6.45) is 1.45. The van der Waals surface area contributed by atoms with Crippen LogP contribution in [0.25, 0.3) is 0 Å². The fourth-order valence-electron chi connectivity index (χ4n) is 1.68. The van der Waals surface area contributed by atoms with E-state index in [1.54, 1.807) is 20.3 Å². The molecule has 2 rings (SSSR count). The van der Waals surface area contributed by atoms with Crippen molar-refractivity contribution in [3.8, 4) is 11.5 Å². The van der Waals surface area contributed by atoms with Crippen LogP contribution < -0.4 is 14.8 Å². The molecular formula is C14H15FN2O2. The lowest BCUT2D eigenvalue weighted by Gasteiger charge is -2.10. The van der Waals surface area contributed by atoms with Crippen LogP contribution in [0.2, 0.25) is 0 Å². The van der Waals surface area contributed by atoms with E-state index in [0.29, 0.717) is 18.0 Å². The number of benzene rings is 1. The SMILES string of the molecule is COc1ccc(CNc2ccc(F)nc2)cc1OC. The molecule has 1 N–H and O–H groups in total. The Balaban J connectivity index is 2.05. The summed E-state index contributed by atoms with van der Waals surface area (Å²) in [5.41, 5.74) is 1.79. The van der Waals surface area contributed by atoms with Crippen LogP contribution in [0.1, 0.15) is 5.56 Å². The summed E-state index contributed by atoms with van der Waals surface area (Å²) in [5.74, 6) is 0.880. The van der Waals surface area contributed by atoms with Gasteiger partial charge in [-0.05, 0) is 29.8 Å². The lowest BCUT2D eigenvalue weighted by Crippen LogP contribution is -2.01. The van der Waals surface area contributed by atoms with E-state index in [4.69, 9.17) is 9.47 Å². The van der Waals surface area contributed by atoms with Crippen LogP contribution in [0.4, 0.5) is 10.1 Å². The number of anilines is 1. The molecule has 0 radical (unpaired) electrons. The highest BCUT2D eigenvalue weighted by Gasteiger charge is 2.04. The van der Waals surface area contributed by atoms with E-state index in [1.165, 1.54) is 12.3 Å². The summed E-state index contributed by atoms with van der Waals surface area (Å²) in [6, 6.07) is 8.63. The molecule has 0 saturated heterocycles. The Hall–Kier alpha value is -2.30. The second-order valence-electron chi connectivity index (χ2n) is 3.91. The molecule has 0 amide bonds. The van der Waals surface area contributed by atoms with Gasteiger partial charge in [-0.2, -0.15) is 4.39 Å². The van der Waals surface area contributed by atoms with Crippen LogP contribution in [-0.4, -0.2) is 19.2 Å². The van der Waals surface area contributed by atoms with Crippen molar-refractivity contribution in [2.75, 3.05) is 19.5 Å². The molecule has 5 heteroatoms. The third-order valence-corrected chi connectivity index (χ3v) is 2.67. The van der Waals surface area contributed by atoms with Crippen LogP contribution in [0.3, 0.4) is 0 Å². The molecule has 0 atom stereocenters. The number of rotatable bonds is 5.